The molecule has 1 saturated heterocycles. The van der Waals surface area contributed by atoms with Crippen LogP contribution in [-0.4, -0.2) is 44.4 Å². The third-order valence-electron chi connectivity index (χ3n) is 5.53. The zero-order chi connectivity index (χ0) is 20.4. The van der Waals surface area contributed by atoms with Gasteiger partial charge in [-0.15, -0.1) is 0 Å². The minimum atomic E-state index is 0.349. The molecule has 3 aromatic rings. The number of fused-ring (bicyclic) bond motifs is 1. The maximum atomic E-state index is 5.67. The maximum Gasteiger partial charge on any atom is 0.139 e. The molecule has 0 amide bonds. The van der Waals surface area contributed by atoms with E-state index < -0.39 is 0 Å². The summed E-state index contributed by atoms with van der Waals surface area (Å²) < 4.78 is 17.7. The number of piperidine rings is 1. The first-order valence-corrected chi connectivity index (χ1v) is 10.4. The molecule has 2 aromatic carbocycles. The first-order chi connectivity index (χ1) is 14.1. The normalized spacial score (nSPS) is 14.8. The van der Waals surface area contributed by atoms with Crippen molar-refractivity contribution in [3.63, 3.8) is 0 Å². The summed E-state index contributed by atoms with van der Waals surface area (Å²) >= 11 is 3.56. The van der Waals surface area contributed by atoms with Gasteiger partial charge in [0, 0.05) is 40.6 Å². The van der Waals surface area contributed by atoms with Crippen molar-refractivity contribution in [2.24, 2.45) is 0 Å². The van der Waals surface area contributed by atoms with Gasteiger partial charge in [-0.05, 0) is 37.0 Å². The smallest absolute Gasteiger partial charge is 0.139 e. The summed E-state index contributed by atoms with van der Waals surface area (Å²) in [6.07, 6.45) is 3.62. The van der Waals surface area contributed by atoms with Crippen molar-refractivity contribution in [3.8, 4) is 17.2 Å². The number of methoxy groups -OCH3 is 3. The molecule has 0 saturated carbocycles. The summed E-state index contributed by atoms with van der Waals surface area (Å²) in [6.45, 7) is 1.81. The molecule has 1 aliphatic heterocycles. The molecule has 4 rings (SSSR count). The van der Waals surface area contributed by atoms with E-state index in [4.69, 9.17) is 14.2 Å². The van der Waals surface area contributed by atoms with Crippen LogP contribution in [0.5, 0.6) is 17.2 Å². The van der Waals surface area contributed by atoms with Gasteiger partial charge in [0.2, 0.25) is 0 Å². The number of aromatic nitrogens is 2. The van der Waals surface area contributed by atoms with E-state index in [9.17, 15) is 0 Å². The van der Waals surface area contributed by atoms with Gasteiger partial charge in [-0.3, -0.25) is 0 Å². The molecule has 0 radical (unpaired) electrons. The summed E-state index contributed by atoms with van der Waals surface area (Å²) in [5, 5.41) is 1.07. The quantitative estimate of drug-likeness (QED) is 0.548. The molecular weight excluding hydrogens is 434 g/mol. The Bertz CT molecular complexity index is 994. The summed E-state index contributed by atoms with van der Waals surface area (Å²) in [4.78, 5) is 11.3. The zero-order valence-electron chi connectivity index (χ0n) is 16.8. The molecule has 7 heteroatoms. The highest BCUT2D eigenvalue weighted by atomic mass is 79.9. The van der Waals surface area contributed by atoms with E-state index >= 15 is 0 Å². The summed E-state index contributed by atoms with van der Waals surface area (Å²) in [6, 6.07) is 9.98. The van der Waals surface area contributed by atoms with Gasteiger partial charge >= 0.3 is 0 Å². The molecular formula is C22H24BrN3O3. The van der Waals surface area contributed by atoms with E-state index in [1.807, 2.05) is 24.3 Å². The standard InChI is InChI=1S/C22H24BrN3O3/c1-27-16-11-19(28-2)21(20(12-16)29-3)14-6-8-26(9-7-14)22-17-10-15(23)4-5-18(17)24-13-25-22/h4-5,10-14H,6-9H2,1-3H3. The monoisotopic (exact) mass is 457 g/mol. The van der Waals surface area contributed by atoms with E-state index in [2.05, 4.69) is 36.9 Å². The molecule has 0 bridgehead atoms. The predicted octanol–water partition coefficient (Wildman–Crippen LogP) is 4.80. The Kier molecular flexibility index (Phi) is 5.76. The van der Waals surface area contributed by atoms with E-state index in [1.165, 1.54) is 0 Å². The van der Waals surface area contributed by atoms with Gasteiger partial charge in [-0.25, -0.2) is 9.97 Å². The lowest BCUT2D eigenvalue weighted by Gasteiger charge is -2.34. The van der Waals surface area contributed by atoms with Crippen molar-refractivity contribution < 1.29 is 14.2 Å². The average molecular weight is 458 g/mol. The largest absolute Gasteiger partial charge is 0.496 e. The lowest BCUT2D eigenvalue weighted by atomic mass is 9.87. The lowest BCUT2D eigenvalue weighted by molar-refractivity contribution is 0.356. The lowest BCUT2D eigenvalue weighted by Crippen LogP contribution is -2.33. The Hall–Kier alpha value is -2.54. The number of hydrogen-bond donors (Lipinski definition) is 0. The van der Waals surface area contributed by atoms with Crippen molar-refractivity contribution in [1.82, 2.24) is 9.97 Å². The van der Waals surface area contributed by atoms with Gasteiger partial charge in [0.1, 0.15) is 29.4 Å². The van der Waals surface area contributed by atoms with Crippen LogP contribution >= 0.6 is 15.9 Å². The fraction of sp³-hybridized carbons (Fsp3) is 0.364. The number of anilines is 1. The summed E-state index contributed by atoms with van der Waals surface area (Å²) in [5.41, 5.74) is 2.07. The van der Waals surface area contributed by atoms with Crippen LogP contribution in [0.15, 0.2) is 41.1 Å². The number of rotatable bonds is 5. The van der Waals surface area contributed by atoms with Gasteiger partial charge < -0.3 is 19.1 Å². The Balaban J connectivity index is 1.60. The third-order valence-corrected chi connectivity index (χ3v) is 6.03. The van der Waals surface area contributed by atoms with E-state index in [1.54, 1.807) is 27.7 Å². The number of nitrogens with zero attached hydrogens (tertiary/aromatic N) is 3. The third kappa shape index (κ3) is 3.83. The van der Waals surface area contributed by atoms with Crippen molar-refractivity contribution in [2.45, 2.75) is 18.8 Å². The van der Waals surface area contributed by atoms with Crippen LogP contribution in [0.25, 0.3) is 10.9 Å². The molecule has 0 spiro atoms. The van der Waals surface area contributed by atoms with Gasteiger partial charge in [-0.1, -0.05) is 15.9 Å². The second-order valence-corrected chi connectivity index (χ2v) is 7.98. The minimum Gasteiger partial charge on any atom is -0.496 e. The Morgan fingerprint density at radius 3 is 2.24 bits per heavy atom. The first-order valence-electron chi connectivity index (χ1n) is 9.59. The van der Waals surface area contributed by atoms with Gasteiger partial charge in [0.05, 0.1) is 26.8 Å². The van der Waals surface area contributed by atoms with E-state index in [-0.39, 0.29) is 0 Å². The van der Waals surface area contributed by atoms with E-state index in [0.717, 1.165) is 69.9 Å². The van der Waals surface area contributed by atoms with Crippen LogP contribution in [0.4, 0.5) is 5.82 Å². The highest BCUT2D eigenvalue weighted by Gasteiger charge is 2.28. The number of halogens is 1. The average Bonchev–Trinajstić information content (AvgIpc) is 2.77. The minimum absolute atomic E-state index is 0.349. The molecule has 0 aliphatic carbocycles. The van der Waals surface area contributed by atoms with Crippen LogP contribution in [0.1, 0.15) is 24.3 Å². The number of benzene rings is 2. The number of ether oxygens (including phenoxy) is 3. The van der Waals surface area contributed by atoms with Crippen molar-refractivity contribution in [2.75, 3.05) is 39.3 Å². The SMILES string of the molecule is COc1cc(OC)c(C2CCN(c3ncnc4ccc(Br)cc34)CC2)c(OC)c1. The van der Waals surface area contributed by atoms with Gasteiger partial charge in [0.25, 0.3) is 0 Å². The highest BCUT2D eigenvalue weighted by molar-refractivity contribution is 9.10. The molecule has 0 N–H and O–H groups in total. The van der Waals surface area contributed by atoms with Crippen LogP contribution in [0.3, 0.4) is 0 Å². The zero-order valence-corrected chi connectivity index (χ0v) is 18.4. The fourth-order valence-electron chi connectivity index (χ4n) is 4.08. The molecule has 152 valence electrons. The molecule has 29 heavy (non-hydrogen) atoms. The summed E-state index contributed by atoms with van der Waals surface area (Å²) in [7, 11) is 5.03. The molecule has 0 unspecified atom stereocenters. The molecule has 1 fully saturated rings. The van der Waals surface area contributed by atoms with Crippen LogP contribution in [0.2, 0.25) is 0 Å². The Morgan fingerprint density at radius 1 is 0.931 bits per heavy atom. The first kappa shape index (κ1) is 19.8. The molecule has 2 heterocycles. The van der Waals surface area contributed by atoms with Gasteiger partial charge in [-0.2, -0.15) is 0 Å². The second kappa shape index (κ2) is 8.45. The molecule has 6 nitrogen and oxygen atoms in total. The second-order valence-electron chi connectivity index (χ2n) is 7.07. The van der Waals surface area contributed by atoms with Crippen LogP contribution in [0, 0.1) is 0 Å². The Labute approximate surface area is 178 Å². The fourth-order valence-corrected chi connectivity index (χ4v) is 4.44. The van der Waals surface area contributed by atoms with Crippen molar-refractivity contribution in [1.29, 1.82) is 0 Å². The predicted molar refractivity (Wildman–Crippen MR) is 118 cm³/mol. The molecule has 0 atom stereocenters. The summed E-state index contributed by atoms with van der Waals surface area (Å²) in [5.74, 6) is 3.70. The van der Waals surface area contributed by atoms with Crippen LogP contribution in [-0.2, 0) is 0 Å². The maximum absolute atomic E-state index is 5.67. The van der Waals surface area contributed by atoms with Crippen molar-refractivity contribution >= 4 is 32.7 Å². The Morgan fingerprint density at radius 2 is 1.62 bits per heavy atom. The molecule has 1 aliphatic rings. The number of hydrogen-bond acceptors (Lipinski definition) is 6. The van der Waals surface area contributed by atoms with Crippen molar-refractivity contribution in [3.05, 3.63) is 46.7 Å². The molecule has 1 aromatic heterocycles. The topological polar surface area (TPSA) is 56.7 Å². The van der Waals surface area contributed by atoms with E-state index in [0.29, 0.717) is 5.92 Å². The van der Waals surface area contributed by atoms with Crippen LogP contribution < -0.4 is 19.1 Å². The highest BCUT2D eigenvalue weighted by Crippen LogP contribution is 2.43. The van der Waals surface area contributed by atoms with Gasteiger partial charge in [0.15, 0.2) is 0 Å².